The van der Waals surface area contributed by atoms with Gasteiger partial charge in [0.05, 0.1) is 0 Å². The van der Waals surface area contributed by atoms with Gasteiger partial charge in [0.1, 0.15) is 12.7 Å². The van der Waals surface area contributed by atoms with Crippen molar-refractivity contribution in [1.29, 1.82) is 0 Å². The van der Waals surface area contributed by atoms with Gasteiger partial charge in [-0.3, -0.25) is 0 Å². The molecule has 8 heteroatoms. The number of aromatic nitrogens is 6. The average molecular weight is 276 g/mol. The maximum absolute atomic E-state index is 4.36. The molecule has 20 heavy (non-hydrogen) atoms. The van der Waals surface area contributed by atoms with Crippen LogP contribution in [0.25, 0.3) is 5.95 Å². The first-order valence-corrected chi connectivity index (χ1v) is 6.45. The maximum Gasteiger partial charge on any atom is 0.258 e. The predicted octanol–water partition coefficient (Wildman–Crippen LogP) is 1.34. The second-order valence-corrected chi connectivity index (χ2v) is 5.60. The van der Waals surface area contributed by atoms with Crippen LogP contribution in [0.2, 0.25) is 0 Å². The molecule has 1 unspecified atom stereocenters. The van der Waals surface area contributed by atoms with E-state index >= 15 is 0 Å². The number of anilines is 2. The van der Waals surface area contributed by atoms with Crippen molar-refractivity contribution < 1.29 is 0 Å². The zero-order valence-corrected chi connectivity index (χ0v) is 12.4. The Morgan fingerprint density at radius 3 is 2.40 bits per heavy atom. The number of nitrogens with zero attached hydrogens (tertiary/aromatic N) is 6. The monoisotopic (exact) mass is 276 g/mol. The molecule has 0 amide bonds. The molecular formula is C12H20N8. The van der Waals surface area contributed by atoms with Crippen LogP contribution in [-0.4, -0.2) is 42.8 Å². The minimum absolute atomic E-state index is 0.0971. The molecule has 0 aliphatic carbocycles. The fraction of sp³-hybridized carbons (Fsp3) is 0.583. The van der Waals surface area contributed by atoms with E-state index in [0.717, 1.165) is 0 Å². The molecule has 2 heterocycles. The van der Waals surface area contributed by atoms with Crippen molar-refractivity contribution in [3.8, 4) is 5.95 Å². The highest BCUT2D eigenvalue weighted by atomic mass is 15.4. The van der Waals surface area contributed by atoms with Gasteiger partial charge < -0.3 is 10.6 Å². The van der Waals surface area contributed by atoms with E-state index in [1.165, 1.54) is 11.0 Å². The lowest BCUT2D eigenvalue weighted by atomic mass is 9.88. The van der Waals surface area contributed by atoms with Crippen LogP contribution in [0.5, 0.6) is 0 Å². The van der Waals surface area contributed by atoms with Gasteiger partial charge in [-0.05, 0) is 12.3 Å². The van der Waals surface area contributed by atoms with Crippen molar-refractivity contribution in [2.75, 3.05) is 17.7 Å². The van der Waals surface area contributed by atoms with Gasteiger partial charge in [-0.15, -0.1) is 0 Å². The molecule has 0 radical (unpaired) electrons. The van der Waals surface area contributed by atoms with E-state index in [0.29, 0.717) is 17.8 Å². The smallest absolute Gasteiger partial charge is 0.258 e. The molecule has 0 aliphatic rings. The minimum atomic E-state index is 0.0971. The van der Waals surface area contributed by atoms with Gasteiger partial charge in [0.15, 0.2) is 0 Å². The van der Waals surface area contributed by atoms with E-state index in [1.807, 2.05) is 0 Å². The van der Waals surface area contributed by atoms with Crippen LogP contribution in [-0.2, 0) is 0 Å². The summed E-state index contributed by atoms with van der Waals surface area (Å²) in [4.78, 5) is 16.8. The molecule has 0 saturated heterocycles. The van der Waals surface area contributed by atoms with Crippen LogP contribution < -0.4 is 10.6 Å². The van der Waals surface area contributed by atoms with Gasteiger partial charge in [0.25, 0.3) is 5.95 Å². The van der Waals surface area contributed by atoms with Crippen LogP contribution >= 0.6 is 0 Å². The Morgan fingerprint density at radius 1 is 1.15 bits per heavy atom. The summed E-state index contributed by atoms with van der Waals surface area (Å²) in [6.45, 7) is 8.56. The molecule has 2 N–H and O–H groups in total. The summed E-state index contributed by atoms with van der Waals surface area (Å²) in [7, 11) is 1.76. The van der Waals surface area contributed by atoms with E-state index in [4.69, 9.17) is 0 Å². The van der Waals surface area contributed by atoms with Gasteiger partial charge >= 0.3 is 0 Å². The third-order valence-corrected chi connectivity index (χ3v) is 3.12. The normalized spacial score (nSPS) is 13.1. The zero-order valence-electron chi connectivity index (χ0n) is 12.4. The fourth-order valence-electron chi connectivity index (χ4n) is 1.37. The summed E-state index contributed by atoms with van der Waals surface area (Å²) < 4.78 is 1.50. The highest BCUT2D eigenvalue weighted by molar-refractivity contribution is 5.38. The quantitative estimate of drug-likeness (QED) is 0.870. The highest BCUT2D eigenvalue weighted by Gasteiger charge is 2.21. The first-order valence-electron chi connectivity index (χ1n) is 6.45. The van der Waals surface area contributed by atoms with Gasteiger partial charge in [-0.1, -0.05) is 20.8 Å². The lowest BCUT2D eigenvalue weighted by Gasteiger charge is -2.28. The number of hydrogen-bond acceptors (Lipinski definition) is 7. The van der Waals surface area contributed by atoms with E-state index in [-0.39, 0.29) is 11.5 Å². The highest BCUT2D eigenvalue weighted by Crippen LogP contribution is 2.21. The Labute approximate surface area is 118 Å². The molecular weight excluding hydrogens is 256 g/mol. The molecule has 2 aromatic heterocycles. The summed E-state index contributed by atoms with van der Waals surface area (Å²) in [5.74, 6) is 1.41. The fourth-order valence-corrected chi connectivity index (χ4v) is 1.37. The van der Waals surface area contributed by atoms with Crippen molar-refractivity contribution in [2.45, 2.75) is 33.7 Å². The molecule has 8 nitrogen and oxygen atoms in total. The summed E-state index contributed by atoms with van der Waals surface area (Å²) in [6, 6.07) is 0.207. The molecule has 0 spiro atoms. The molecule has 0 bridgehead atoms. The van der Waals surface area contributed by atoms with Gasteiger partial charge in [-0.2, -0.15) is 24.7 Å². The third kappa shape index (κ3) is 3.19. The van der Waals surface area contributed by atoms with Crippen LogP contribution in [0.3, 0.4) is 0 Å². The van der Waals surface area contributed by atoms with Gasteiger partial charge in [0.2, 0.25) is 11.9 Å². The molecule has 0 aliphatic heterocycles. The van der Waals surface area contributed by atoms with Crippen LogP contribution in [0.15, 0.2) is 12.7 Å². The molecule has 2 rings (SSSR count). The van der Waals surface area contributed by atoms with E-state index < -0.39 is 0 Å². The topological polar surface area (TPSA) is 93.4 Å². The molecule has 108 valence electrons. The molecule has 0 saturated carbocycles. The van der Waals surface area contributed by atoms with E-state index in [1.54, 1.807) is 13.4 Å². The van der Waals surface area contributed by atoms with Gasteiger partial charge in [-0.25, -0.2) is 4.98 Å². The lowest BCUT2D eigenvalue weighted by Crippen LogP contribution is -2.31. The maximum atomic E-state index is 4.36. The summed E-state index contributed by atoms with van der Waals surface area (Å²) >= 11 is 0. The van der Waals surface area contributed by atoms with Crippen LogP contribution in [0.4, 0.5) is 11.9 Å². The Bertz CT molecular complexity index is 557. The summed E-state index contributed by atoms with van der Waals surface area (Å²) in [6.07, 6.45) is 2.99. The number of nitrogens with one attached hydrogen (secondary N) is 2. The molecule has 1 atom stereocenters. The molecule has 0 fully saturated rings. The largest absolute Gasteiger partial charge is 0.357 e. The molecule has 0 aromatic carbocycles. The first kappa shape index (κ1) is 14.2. The van der Waals surface area contributed by atoms with Crippen molar-refractivity contribution in [2.24, 2.45) is 5.41 Å². The van der Waals surface area contributed by atoms with E-state index in [2.05, 4.69) is 63.4 Å². The molecule has 2 aromatic rings. The van der Waals surface area contributed by atoms with Crippen LogP contribution in [0.1, 0.15) is 27.7 Å². The van der Waals surface area contributed by atoms with Crippen LogP contribution in [0, 0.1) is 5.41 Å². The Morgan fingerprint density at radius 2 is 1.85 bits per heavy atom. The van der Waals surface area contributed by atoms with Crippen molar-refractivity contribution in [1.82, 2.24) is 29.7 Å². The first-order chi connectivity index (χ1) is 9.40. The Kier molecular flexibility index (Phi) is 3.82. The van der Waals surface area contributed by atoms with Gasteiger partial charge in [0, 0.05) is 13.1 Å². The third-order valence-electron chi connectivity index (χ3n) is 3.12. The van der Waals surface area contributed by atoms with Crippen molar-refractivity contribution in [3.05, 3.63) is 12.7 Å². The standard InChI is InChI=1S/C12H20N8/c1-8(12(2,3)4)16-10-17-9(13-5)18-11(19-10)20-7-14-6-15-20/h6-8H,1-5H3,(H2,13,16,17,18,19). The number of hydrogen-bond donors (Lipinski definition) is 2. The lowest BCUT2D eigenvalue weighted by molar-refractivity contribution is 0.358. The summed E-state index contributed by atoms with van der Waals surface area (Å²) in [5, 5.41) is 10.2. The predicted molar refractivity (Wildman–Crippen MR) is 76.8 cm³/mol. The minimum Gasteiger partial charge on any atom is -0.357 e. The summed E-state index contributed by atoms with van der Waals surface area (Å²) in [5.41, 5.74) is 0.0971. The number of rotatable bonds is 4. The second-order valence-electron chi connectivity index (χ2n) is 5.60. The van der Waals surface area contributed by atoms with Crippen molar-refractivity contribution >= 4 is 11.9 Å². The average Bonchev–Trinajstić information content (AvgIpc) is 2.91. The SMILES string of the molecule is CNc1nc(NC(C)C(C)(C)C)nc(-n2cncn2)n1. The Hall–Kier alpha value is -2.25. The second kappa shape index (κ2) is 5.40. The van der Waals surface area contributed by atoms with E-state index in [9.17, 15) is 0 Å². The zero-order chi connectivity index (χ0) is 14.8. The van der Waals surface area contributed by atoms with Crippen molar-refractivity contribution in [3.63, 3.8) is 0 Å². The Balaban J connectivity index is 2.32.